The summed E-state index contributed by atoms with van der Waals surface area (Å²) in [6.45, 7) is 2.46. The highest BCUT2D eigenvalue weighted by molar-refractivity contribution is 7.80. The zero-order valence-corrected chi connectivity index (χ0v) is 18.1. The summed E-state index contributed by atoms with van der Waals surface area (Å²) in [5.74, 6) is 1.01. The van der Waals surface area contributed by atoms with Crippen LogP contribution in [0, 0.1) is 0 Å². The number of nitrogens with zero attached hydrogens (tertiary/aromatic N) is 1. The second kappa shape index (κ2) is 9.45. The van der Waals surface area contributed by atoms with E-state index in [4.69, 9.17) is 21.7 Å². The van der Waals surface area contributed by atoms with Gasteiger partial charge in [0.15, 0.2) is 5.11 Å². The van der Waals surface area contributed by atoms with Gasteiger partial charge in [0.2, 0.25) is 0 Å². The number of hydrogen-bond acceptors (Lipinski definition) is 5. The summed E-state index contributed by atoms with van der Waals surface area (Å²) in [7, 11) is 0. The summed E-state index contributed by atoms with van der Waals surface area (Å²) in [5, 5.41) is 2.62. The van der Waals surface area contributed by atoms with Gasteiger partial charge in [-0.3, -0.25) is 19.8 Å². The molecule has 1 N–H and O–H groups in total. The van der Waals surface area contributed by atoms with Gasteiger partial charge in [0, 0.05) is 0 Å². The third-order valence-electron chi connectivity index (χ3n) is 4.68. The Morgan fingerprint density at radius 1 is 0.875 bits per heavy atom. The number of carbonyl (C=O) groups excluding carboxylic acids is 2. The molecular formula is C25H20N2O4S. The van der Waals surface area contributed by atoms with Crippen LogP contribution in [0.25, 0.3) is 6.08 Å². The lowest BCUT2D eigenvalue weighted by atomic mass is 10.1. The minimum atomic E-state index is -0.533. The van der Waals surface area contributed by atoms with Crippen molar-refractivity contribution >= 4 is 40.9 Å². The smallest absolute Gasteiger partial charge is 0.270 e. The van der Waals surface area contributed by atoms with Crippen molar-refractivity contribution in [3.63, 3.8) is 0 Å². The predicted molar refractivity (Wildman–Crippen MR) is 127 cm³/mol. The maximum absolute atomic E-state index is 13.1. The first-order chi connectivity index (χ1) is 15.5. The van der Waals surface area contributed by atoms with Crippen LogP contribution < -0.4 is 19.7 Å². The highest BCUT2D eigenvalue weighted by Crippen LogP contribution is 2.27. The minimum Gasteiger partial charge on any atom is -0.494 e. The molecule has 7 heteroatoms. The first-order valence-corrected chi connectivity index (χ1v) is 10.4. The molecule has 0 aliphatic carbocycles. The van der Waals surface area contributed by atoms with E-state index < -0.39 is 11.8 Å². The SMILES string of the molecule is CCOc1ccc(C=C2C(=O)NC(=S)N(c3ccc(Oc4ccccc4)cc3)C2=O)cc1. The van der Waals surface area contributed by atoms with E-state index in [-0.39, 0.29) is 10.7 Å². The van der Waals surface area contributed by atoms with E-state index in [0.29, 0.717) is 29.4 Å². The van der Waals surface area contributed by atoms with Gasteiger partial charge >= 0.3 is 0 Å². The van der Waals surface area contributed by atoms with Crippen molar-refractivity contribution in [2.24, 2.45) is 0 Å². The van der Waals surface area contributed by atoms with Crippen LogP contribution in [0.5, 0.6) is 17.2 Å². The second-order valence-electron chi connectivity index (χ2n) is 6.87. The standard InChI is InChI=1S/C25H20N2O4S/c1-2-30-19-12-8-17(9-13-19)16-22-23(28)26-25(32)27(24(22)29)18-10-14-21(15-11-18)31-20-6-4-3-5-7-20/h3-16H,2H2,1H3,(H,26,28,32). The van der Waals surface area contributed by atoms with Crippen molar-refractivity contribution in [2.45, 2.75) is 6.92 Å². The van der Waals surface area contributed by atoms with Crippen LogP contribution >= 0.6 is 12.2 Å². The lowest BCUT2D eigenvalue weighted by Gasteiger charge is -2.29. The Balaban J connectivity index is 1.56. The minimum absolute atomic E-state index is 0.00706. The van der Waals surface area contributed by atoms with E-state index in [1.54, 1.807) is 48.5 Å². The zero-order chi connectivity index (χ0) is 22.5. The van der Waals surface area contributed by atoms with Crippen LogP contribution in [-0.4, -0.2) is 23.5 Å². The number of benzene rings is 3. The Morgan fingerprint density at radius 2 is 1.50 bits per heavy atom. The second-order valence-corrected chi connectivity index (χ2v) is 7.26. The van der Waals surface area contributed by atoms with Gasteiger partial charge in [-0.25, -0.2) is 0 Å². The summed E-state index contributed by atoms with van der Waals surface area (Å²) in [6, 6.07) is 23.4. The predicted octanol–water partition coefficient (Wildman–Crippen LogP) is 4.71. The number of amides is 2. The molecule has 1 aliphatic heterocycles. The number of nitrogens with one attached hydrogen (secondary N) is 1. The van der Waals surface area contributed by atoms with Crippen LogP contribution in [0.4, 0.5) is 5.69 Å². The number of hydrogen-bond donors (Lipinski definition) is 1. The van der Waals surface area contributed by atoms with Crippen molar-refractivity contribution in [1.29, 1.82) is 0 Å². The Bertz CT molecular complexity index is 1170. The summed E-state index contributed by atoms with van der Waals surface area (Å²) >= 11 is 5.26. The molecule has 1 saturated heterocycles. The molecule has 0 unspecified atom stereocenters. The van der Waals surface area contributed by atoms with Gasteiger partial charge in [0.25, 0.3) is 11.8 Å². The molecule has 2 amide bonds. The van der Waals surface area contributed by atoms with Crippen LogP contribution in [0.2, 0.25) is 0 Å². The normalized spacial score (nSPS) is 15.0. The molecule has 0 bridgehead atoms. The van der Waals surface area contributed by atoms with E-state index in [1.165, 1.54) is 11.0 Å². The Kier molecular flexibility index (Phi) is 6.28. The molecule has 0 aromatic heterocycles. The van der Waals surface area contributed by atoms with Gasteiger partial charge in [0.1, 0.15) is 22.8 Å². The maximum atomic E-state index is 13.1. The number of anilines is 1. The maximum Gasteiger partial charge on any atom is 0.270 e. The monoisotopic (exact) mass is 444 g/mol. The molecule has 6 nitrogen and oxygen atoms in total. The van der Waals surface area contributed by atoms with Gasteiger partial charge in [0.05, 0.1) is 12.3 Å². The van der Waals surface area contributed by atoms with E-state index in [0.717, 1.165) is 5.75 Å². The van der Waals surface area contributed by atoms with Crippen molar-refractivity contribution < 1.29 is 19.1 Å². The van der Waals surface area contributed by atoms with Gasteiger partial charge < -0.3 is 9.47 Å². The quantitative estimate of drug-likeness (QED) is 0.339. The van der Waals surface area contributed by atoms with E-state index >= 15 is 0 Å². The Labute approximate surface area is 191 Å². The van der Waals surface area contributed by atoms with Gasteiger partial charge in [-0.15, -0.1) is 0 Å². The molecule has 160 valence electrons. The molecule has 1 fully saturated rings. The topological polar surface area (TPSA) is 67.9 Å². The van der Waals surface area contributed by atoms with Gasteiger partial charge in [-0.05, 0) is 79.3 Å². The largest absolute Gasteiger partial charge is 0.494 e. The third-order valence-corrected chi connectivity index (χ3v) is 4.96. The molecule has 1 heterocycles. The molecule has 4 rings (SSSR count). The molecule has 3 aromatic carbocycles. The summed E-state index contributed by atoms with van der Waals surface area (Å²) in [4.78, 5) is 26.9. The lowest BCUT2D eigenvalue weighted by Crippen LogP contribution is -2.54. The van der Waals surface area contributed by atoms with E-state index in [1.807, 2.05) is 37.3 Å². The molecular weight excluding hydrogens is 424 g/mol. The Morgan fingerprint density at radius 3 is 2.16 bits per heavy atom. The molecule has 1 aliphatic rings. The van der Waals surface area contributed by atoms with E-state index in [2.05, 4.69) is 5.32 Å². The third kappa shape index (κ3) is 4.68. The van der Waals surface area contributed by atoms with Crippen LogP contribution in [-0.2, 0) is 9.59 Å². The van der Waals surface area contributed by atoms with Crippen LogP contribution in [0.15, 0.2) is 84.4 Å². The van der Waals surface area contributed by atoms with Crippen molar-refractivity contribution in [3.8, 4) is 17.2 Å². The highest BCUT2D eigenvalue weighted by Gasteiger charge is 2.34. The van der Waals surface area contributed by atoms with Crippen molar-refractivity contribution in [3.05, 3.63) is 90.0 Å². The average molecular weight is 445 g/mol. The molecule has 0 radical (unpaired) electrons. The summed E-state index contributed by atoms with van der Waals surface area (Å²) in [5.41, 5.74) is 1.22. The van der Waals surface area contributed by atoms with E-state index in [9.17, 15) is 9.59 Å². The number of ether oxygens (including phenoxy) is 2. The number of rotatable bonds is 6. The van der Waals surface area contributed by atoms with Gasteiger partial charge in [-0.2, -0.15) is 0 Å². The zero-order valence-electron chi connectivity index (χ0n) is 17.3. The van der Waals surface area contributed by atoms with Gasteiger partial charge in [-0.1, -0.05) is 30.3 Å². The number of carbonyl (C=O) groups is 2. The lowest BCUT2D eigenvalue weighted by molar-refractivity contribution is -0.122. The van der Waals surface area contributed by atoms with Crippen LogP contribution in [0.1, 0.15) is 12.5 Å². The molecule has 0 atom stereocenters. The molecule has 32 heavy (non-hydrogen) atoms. The molecule has 3 aromatic rings. The first kappa shape index (κ1) is 21.3. The highest BCUT2D eigenvalue weighted by atomic mass is 32.1. The van der Waals surface area contributed by atoms with Crippen molar-refractivity contribution in [1.82, 2.24) is 5.32 Å². The Hall–Kier alpha value is -3.97. The summed E-state index contributed by atoms with van der Waals surface area (Å²) < 4.78 is 11.2. The fourth-order valence-electron chi connectivity index (χ4n) is 3.17. The average Bonchev–Trinajstić information content (AvgIpc) is 2.80. The molecule has 0 spiro atoms. The fourth-order valence-corrected chi connectivity index (χ4v) is 3.45. The van der Waals surface area contributed by atoms with Crippen LogP contribution in [0.3, 0.4) is 0 Å². The summed E-state index contributed by atoms with van der Waals surface area (Å²) in [6.07, 6.45) is 1.54. The first-order valence-electron chi connectivity index (χ1n) is 10.0. The fraction of sp³-hybridized carbons (Fsp3) is 0.0800. The van der Waals surface area contributed by atoms with Crippen molar-refractivity contribution in [2.75, 3.05) is 11.5 Å². The number of thiocarbonyl (C=S) groups is 1. The number of para-hydroxylation sites is 1. The molecule has 0 saturated carbocycles.